The Morgan fingerprint density at radius 1 is 0.403 bits per heavy atom. The molecule has 0 saturated heterocycles. The number of likely N-dealkylation sites (N-methyl/N-ethyl adjacent to an activating group) is 1. The van der Waals surface area contributed by atoms with E-state index in [-0.39, 0.29) is 32.0 Å². The normalized spacial score (nSPS) is 13.4. The van der Waals surface area contributed by atoms with Crippen molar-refractivity contribution in [2.24, 2.45) is 0 Å². The number of ether oxygens (including phenoxy) is 2. The first-order valence-corrected chi connectivity index (χ1v) is 34.7. The van der Waals surface area contributed by atoms with E-state index in [1.54, 1.807) is 0 Å². The van der Waals surface area contributed by atoms with Gasteiger partial charge in [0.15, 0.2) is 6.10 Å². The molecule has 0 aliphatic rings. The van der Waals surface area contributed by atoms with Crippen LogP contribution in [0.2, 0.25) is 0 Å². The van der Waals surface area contributed by atoms with Crippen LogP contribution in [0.4, 0.5) is 0 Å². The SMILES string of the molecule is CCCCCCC/C=C\C/C=C\C/C=C\CCCCCCCCC(=O)OC(COC(=O)CCCCCCCCCCCCCCCCCCCCCCCCCCCCCCCCCC)COP(=O)([O-])OCC[N+](C)(C)C. The quantitative estimate of drug-likeness (QED) is 0.0195. The molecule has 0 aromatic rings. The molecule has 0 aromatic carbocycles. The van der Waals surface area contributed by atoms with Crippen LogP contribution in [0.5, 0.6) is 0 Å². The van der Waals surface area contributed by atoms with Gasteiger partial charge in [0.25, 0.3) is 7.82 Å². The van der Waals surface area contributed by atoms with E-state index in [1.165, 1.54) is 225 Å². The second kappa shape index (κ2) is 58.9. The van der Waals surface area contributed by atoms with Crippen LogP contribution in [0.3, 0.4) is 0 Å². The standard InChI is InChI=1S/C67H128NO8P/c1-6-8-10-12-14-16-18-20-22-24-26-28-29-30-31-32-33-34-35-36-37-38-40-41-43-45-47-49-51-53-55-57-59-66(69)73-63-65(64-75-77(71,72)74-62-61-68(3,4)5)76-67(70)60-58-56-54-52-50-48-46-44-42-39-27-25-23-21-19-17-15-13-11-9-7-2/h19,21,25,27,42,44,65H,6-18,20,22-24,26,28-41,43,45-64H2,1-5H3/b21-19-,27-25-,44-42-. The number of phosphoric acid groups is 1. The van der Waals surface area contributed by atoms with Crippen molar-refractivity contribution in [1.82, 2.24) is 0 Å². The number of carbonyl (C=O) groups excluding carboxylic acids is 2. The lowest BCUT2D eigenvalue weighted by Crippen LogP contribution is -2.37. The maximum Gasteiger partial charge on any atom is 0.306 e. The predicted molar refractivity (Wildman–Crippen MR) is 328 cm³/mol. The summed E-state index contributed by atoms with van der Waals surface area (Å²) in [5.41, 5.74) is 0. The van der Waals surface area contributed by atoms with E-state index in [4.69, 9.17) is 18.5 Å². The Morgan fingerprint density at radius 3 is 1.04 bits per heavy atom. The van der Waals surface area contributed by atoms with E-state index >= 15 is 0 Å². The highest BCUT2D eigenvalue weighted by molar-refractivity contribution is 7.45. The van der Waals surface area contributed by atoms with Gasteiger partial charge in [-0.15, -0.1) is 0 Å². The molecule has 0 saturated carbocycles. The molecule has 10 heteroatoms. The number of unbranched alkanes of at least 4 members (excludes halogenated alkanes) is 42. The summed E-state index contributed by atoms with van der Waals surface area (Å²) in [6.07, 6.45) is 73.7. The number of carbonyl (C=O) groups is 2. The van der Waals surface area contributed by atoms with Crippen LogP contribution in [0.1, 0.15) is 328 Å². The largest absolute Gasteiger partial charge is 0.756 e. The zero-order valence-electron chi connectivity index (χ0n) is 51.7. The molecular formula is C67H128NO8P. The first-order valence-electron chi connectivity index (χ1n) is 33.2. The van der Waals surface area contributed by atoms with Crippen molar-refractivity contribution in [2.45, 2.75) is 335 Å². The molecule has 0 rings (SSSR count). The molecule has 0 heterocycles. The summed E-state index contributed by atoms with van der Waals surface area (Å²) in [5, 5.41) is 0. The fraction of sp³-hybridized carbons (Fsp3) is 0.881. The summed E-state index contributed by atoms with van der Waals surface area (Å²) in [6.45, 7) is 4.27. The molecule has 0 aromatic heterocycles. The maximum atomic E-state index is 12.8. The summed E-state index contributed by atoms with van der Waals surface area (Å²) in [7, 11) is 1.17. The van der Waals surface area contributed by atoms with Gasteiger partial charge in [-0.3, -0.25) is 14.2 Å². The third kappa shape index (κ3) is 63.3. The number of allylic oxidation sites excluding steroid dienone is 6. The van der Waals surface area contributed by atoms with Crippen LogP contribution in [-0.2, 0) is 32.7 Å². The minimum absolute atomic E-state index is 0.0324. The van der Waals surface area contributed by atoms with Crippen molar-refractivity contribution in [3.63, 3.8) is 0 Å². The zero-order chi connectivity index (χ0) is 56.3. The molecule has 0 aliphatic heterocycles. The molecular weight excluding hydrogens is 978 g/mol. The molecule has 0 amide bonds. The van der Waals surface area contributed by atoms with Crippen LogP contribution < -0.4 is 4.89 Å². The Morgan fingerprint density at radius 2 is 0.701 bits per heavy atom. The van der Waals surface area contributed by atoms with E-state index in [0.717, 1.165) is 70.6 Å². The molecule has 454 valence electrons. The molecule has 0 spiro atoms. The first-order chi connectivity index (χ1) is 37.5. The highest BCUT2D eigenvalue weighted by atomic mass is 31.2. The van der Waals surface area contributed by atoms with Crippen LogP contribution in [0.25, 0.3) is 0 Å². The number of rotatable bonds is 62. The maximum absolute atomic E-state index is 12.8. The number of esters is 2. The lowest BCUT2D eigenvalue weighted by molar-refractivity contribution is -0.870. The number of phosphoric ester groups is 1. The Kier molecular flexibility index (Phi) is 57.5. The van der Waals surface area contributed by atoms with Gasteiger partial charge >= 0.3 is 11.9 Å². The van der Waals surface area contributed by atoms with Gasteiger partial charge in [0, 0.05) is 12.8 Å². The van der Waals surface area contributed by atoms with Crippen molar-refractivity contribution < 1.29 is 42.1 Å². The van der Waals surface area contributed by atoms with Crippen molar-refractivity contribution in [1.29, 1.82) is 0 Å². The molecule has 2 atom stereocenters. The summed E-state index contributed by atoms with van der Waals surface area (Å²) in [4.78, 5) is 38.0. The fourth-order valence-corrected chi connectivity index (χ4v) is 10.5. The van der Waals surface area contributed by atoms with Crippen molar-refractivity contribution in [3.05, 3.63) is 36.5 Å². The average Bonchev–Trinajstić information content (AvgIpc) is 3.39. The van der Waals surface area contributed by atoms with Crippen molar-refractivity contribution >= 4 is 19.8 Å². The third-order valence-electron chi connectivity index (χ3n) is 14.9. The average molecular weight is 1110 g/mol. The lowest BCUT2D eigenvalue weighted by Gasteiger charge is -2.28. The Labute approximate surface area is 478 Å². The number of nitrogens with zero attached hydrogens (tertiary/aromatic N) is 1. The molecule has 77 heavy (non-hydrogen) atoms. The highest BCUT2D eigenvalue weighted by Crippen LogP contribution is 2.38. The van der Waals surface area contributed by atoms with E-state index in [9.17, 15) is 19.0 Å². The first kappa shape index (κ1) is 75.2. The molecule has 2 unspecified atom stereocenters. The highest BCUT2D eigenvalue weighted by Gasteiger charge is 2.22. The van der Waals surface area contributed by atoms with E-state index in [1.807, 2.05) is 21.1 Å². The van der Waals surface area contributed by atoms with Crippen LogP contribution in [0, 0.1) is 0 Å². The second-order valence-electron chi connectivity index (χ2n) is 23.8. The molecule has 0 radical (unpaired) electrons. The number of hydrogen-bond donors (Lipinski definition) is 0. The Hall–Kier alpha value is -1.77. The minimum atomic E-state index is -4.64. The van der Waals surface area contributed by atoms with Gasteiger partial charge in [-0.05, 0) is 51.4 Å². The minimum Gasteiger partial charge on any atom is -0.756 e. The third-order valence-corrected chi connectivity index (χ3v) is 15.9. The van der Waals surface area contributed by atoms with Gasteiger partial charge in [0.1, 0.15) is 19.8 Å². The van der Waals surface area contributed by atoms with Crippen molar-refractivity contribution in [2.75, 3.05) is 47.5 Å². The monoisotopic (exact) mass is 1110 g/mol. The summed E-state index contributed by atoms with van der Waals surface area (Å²) < 4.78 is 34.2. The lowest BCUT2D eigenvalue weighted by atomic mass is 10.0. The van der Waals surface area contributed by atoms with Gasteiger partial charge < -0.3 is 27.9 Å². The van der Waals surface area contributed by atoms with Gasteiger partial charge in [0.2, 0.25) is 0 Å². The summed E-state index contributed by atoms with van der Waals surface area (Å²) >= 11 is 0. The number of hydrogen-bond acceptors (Lipinski definition) is 8. The summed E-state index contributed by atoms with van der Waals surface area (Å²) in [5.74, 6) is -0.832. The smallest absolute Gasteiger partial charge is 0.306 e. The summed E-state index contributed by atoms with van der Waals surface area (Å²) in [6, 6.07) is 0. The Balaban J connectivity index is 4.01. The molecule has 0 bridgehead atoms. The Bertz CT molecular complexity index is 1390. The van der Waals surface area contributed by atoms with Gasteiger partial charge in [0.05, 0.1) is 27.7 Å². The predicted octanol–water partition coefficient (Wildman–Crippen LogP) is 20.5. The van der Waals surface area contributed by atoms with Crippen LogP contribution in [-0.4, -0.2) is 70.0 Å². The van der Waals surface area contributed by atoms with Crippen molar-refractivity contribution in [3.8, 4) is 0 Å². The number of quaternary nitrogens is 1. The molecule has 9 nitrogen and oxygen atoms in total. The fourth-order valence-electron chi connectivity index (χ4n) is 9.79. The molecule has 0 N–H and O–H groups in total. The van der Waals surface area contributed by atoms with Crippen LogP contribution >= 0.6 is 7.82 Å². The van der Waals surface area contributed by atoms with E-state index in [2.05, 4.69) is 50.3 Å². The van der Waals surface area contributed by atoms with Gasteiger partial charge in [-0.25, -0.2) is 0 Å². The van der Waals surface area contributed by atoms with Gasteiger partial charge in [-0.2, -0.15) is 0 Å². The van der Waals surface area contributed by atoms with E-state index < -0.39 is 26.5 Å². The van der Waals surface area contributed by atoms with Crippen LogP contribution in [0.15, 0.2) is 36.5 Å². The van der Waals surface area contributed by atoms with E-state index in [0.29, 0.717) is 17.4 Å². The molecule has 0 aliphatic carbocycles. The van der Waals surface area contributed by atoms with Gasteiger partial charge in [-0.1, -0.05) is 301 Å². The second-order valence-corrected chi connectivity index (χ2v) is 25.3. The molecule has 0 fully saturated rings. The zero-order valence-corrected chi connectivity index (χ0v) is 52.6. The topological polar surface area (TPSA) is 111 Å².